The lowest BCUT2D eigenvalue weighted by atomic mass is 9.88. The summed E-state index contributed by atoms with van der Waals surface area (Å²) in [5.41, 5.74) is 6.89. The molecule has 0 bridgehead atoms. The van der Waals surface area contributed by atoms with E-state index in [1.807, 2.05) is 6.07 Å². The number of carboxylic acid groups (broad SMARTS) is 2. The summed E-state index contributed by atoms with van der Waals surface area (Å²) in [5, 5.41) is 14.8. The minimum Gasteiger partial charge on any atom is -0.473 e. The highest BCUT2D eigenvalue weighted by molar-refractivity contribution is 6.27. The van der Waals surface area contributed by atoms with Crippen molar-refractivity contribution in [3.05, 3.63) is 35.9 Å². The summed E-state index contributed by atoms with van der Waals surface area (Å²) in [5.74, 6) is -3.85. The van der Waals surface area contributed by atoms with Gasteiger partial charge in [-0.3, -0.25) is 9.69 Å². The maximum Gasteiger partial charge on any atom is 0.414 e. The summed E-state index contributed by atoms with van der Waals surface area (Å²) >= 11 is 0. The zero-order valence-electron chi connectivity index (χ0n) is 21.3. The lowest BCUT2D eigenvalue weighted by Crippen LogP contribution is -2.56. The summed E-state index contributed by atoms with van der Waals surface area (Å²) < 4.78 is 5.53. The van der Waals surface area contributed by atoms with E-state index in [4.69, 9.17) is 30.3 Å². The van der Waals surface area contributed by atoms with Gasteiger partial charge in [-0.1, -0.05) is 95.0 Å². The number of esters is 1. The number of carboxylic acids is 2. The Kier molecular flexibility index (Phi) is 15.6. The van der Waals surface area contributed by atoms with Gasteiger partial charge in [-0.2, -0.15) is 0 Å². The second-order valence-corrected chi connectivity index (χ2v) is 9.35. The summed E-state index contributed by atoms with van der Waals surface area (Å²) in [6.07, 6.45) is 14.2. The maximum absolute atomic E-state index is 12.5. The molecule has 1 aromatic rings. The molecule has 0 saturated carbocycles. The normalized spacial score (nSPS) is 15.0. The molecule has 1 aromatic carbocycles. The van der Waals surface area contributed by atoms with Crippen LogP contribution in [-0.2, 0) is 25.7 Å². The number of rotatable bonds is 14. The first-order valence-corrected chi connectivity index (χ1v) is 13.0. The molecule has 1 aliphatic rings. The molecule has 1 heterocycles. The van der Waals surface area contributed by atoms with Gasteiger partial charge in [-0.05, 0) is 24.8 Å². The fourth-order valence-electron chi connectivity index (χ4n) is 4.05. The first-order valence-electron chi connectivity index (χ1n) is 13.0. The summed E-state index contributed by atoms with van der Waals surface area (Å²) in [6.45, 7) is 5.39. The van der Waals surface area contributed by atoms with Gasteiger partial charge in [-0.25, -0.2) is 9.59 Å². The number of carbonyl (C=O) groups is 3. The summed E-state index contributed by atoms with van der Waals surface area (Å²) in [4.78, 5) is 33.0. The molecular formula is C27H44N2O6. The number of hydrogen-bond donors (Lipinski definition) is 3. The molecule has 0 atom stereocenters. The molecule has 0 aliphatic carbocycles. The Hall–Kier alpha value is -2.45. The van der Waals surface area contributed by atoms with Gasteiger partial charge in [0.15, 0.2) is 0 Å². The molecule has 0 radical (unpaired) electrons. The Morgan fingerprint density at radius 1 is 0.857 bits per heavy atom. The lowest BCUT2D eigenvalue weighted by Gasteiger charge is -2.37. The summed E-state index contributed by atoms with van der Waals surface area (Å²) in [6, 6.07) is 10.5. The van der Waals surface area contributed by atoms with Crippen LogP contribution in [0, 0.1) is 0 Å². The van der Waals surface area contributed by atoms with E-state index < -0.39 is 17.5 Å². The molecule has 4 N–H and O–H groups in total. The molecular weight excluding hydrogens is 448 g/mol. The van der Waals surface area contributed by atoms with Crippen LogP contribution in [0.2, 0.25) is 0 Å². The Bertz CT molecular complexity index is 720. The van der Waals surface area contributed by atoms with Gasteiger partial charge in [0.1, 0.15) is 5.54 Å². The van der Waals surface area contributed by atoms with Crippen LogP contribution in [0.25, 0.3) is 0 Å². The Balaban J connectivity index is 0.000000905. The molecule has 1 aliphatic heterocycles. The Labute approximate surface area is 209 Å². The molecule has 0 amide bonds. The number of piperidine rings is 1. The van der Waals surface area contributed by atoms with Crippen molar-refractivity contribution in [3.63, 3.8) is 0 Å². The van der Waals surface area contributed by atoms with Gasteiger partial charge in [-0.15, -0.1) is 0 Å². The highest BCUT2D eigenvalue weighted by Crippen LogP contribution is 2.23. The highest BCUT2D eigenvalue weighted by Gasteiger charge is 2.38. The second kappa shape index (κ2) is 17.9. The van der Waals surface area contributed by atoms with Crippen LogP contribution < -0.4 is 5.73 Å². The fraction of sp³-hybridized carbons (Fsp3) is 0.667. The number of ether oxygens (including phenoxy) is 1. The van der Waals surface area contributed by atoms with Crippen molar-refractivity contribution in [1.82, 2.24) is 4.90 Å². The molecule has 35 heavy (non-hydrogen) atoms. The first-order chi connectivity index (χ1) is 16.8. The highest BCUT2D eigenvalue weighted by atomic mass is 16.5. The summed E-state index contributed by atoms with van der Waals surface area (Å²) in [7, 11) is 0. The van der Waals surface area contributed by atoms with Gasteiger partial charge >= 0.3 is 17.9 Å². The molecule has 2 rings (SSSR count). The van der Waals surface area contributed by atoms with E-state index in [1.165, 1.54) is 56.9 Å². The number of aliphatic carboxylic acids is 2. The van der Waals surface area contributed by atoms with Crippen molar-refractivity contribution in [3.8, 4) is 0 Å². The topological polar surface area (TPSA) is 130 Å². The van der Waals surface area contributed by atoms with Crippen molar-refractivity contribution in [1.29, 1.82) is 0 Å². The smallest absolute Gasteiger partial charge is 0.414 e. The molecule has 0 aromatic heterocycles. The SMILES string of the molecule is CCCCCCCCCCCCOC(=O)C1(N)CCN(Cc2ccccc2)CC1.O=C(O)C(=O)O. The van der Waals surface area contributed by atoms with Crippen LogP contribution in [0.1, 0.15) is 89.5 Å². The van der Waals surface area contributed by atoms with E-state index in [0.717, 1.165) is 32.5 Å². The van der Waals surface area contributed by atoms with Crippen molar-refractivity contribution < 1.29 is 29.3 Å². The number of carbonyl (C=O) groups excluding carboxylic acids is 1. The van der Waals surface area contributed by atoms with Gasteiger partial charge in [0.25, 0.3) is 0 Å². The molecule has 1 saturated heterocycles. The number of likely N-dealkylation sites (tertiary alicyclic amines) is 1. The van der Waals surface area contributed by atoms with E-state index in [2.05, 4.69) is 36.1 Å². The molecule has 8 nitrogen and oxygen atoms in total. The Morgan fingerprint density at radius 3 is 1.83 bits per heavy atom. The second-order valence-electron chi connectivity index (χ2n) is 9.35. The number of benzene rings is 1. The van der Waals surface area contributed by atoms with Crippen LogP contribution in [0.4, 0.5) is 0 Å². The van der Waals surface area contributed by atoms with Gasteiger partial charge < -0.3 is 20.7 Å². The average Bonchev–Trinajstić information content (AvgIpc) is 2.85. The van der Waals surface area contributed by atoms with Crippen molar-refractivity contribution in [2.75, 3.05) is 19.7 Å². The van der Waals surface area contributed by atoms with Crippen LogP contribution >= 0.6 is 0 Å². The van der Waals surface area contributed by atoms with Crippen molar-refractivity contribution in [2.45, 2.75) is 96.1 Å². The molecule has 198 valence electrons. The van der Waals surface area contributed by atoms with E-state index in [-0.39, 0.29) is 5.97 Å². The van der Waals surface area contributed by atoms with Gasteiger partial charge in [0.2, 0.25) is 0 Å². The standard InChI is InChI=1S/C25H42N2O2.C2H2O4/c1-2-3-4-5-6-7-8-9-10-14-21-29-24(28)25(26)17-19-27(20-18-25)22-23-15-12-11-13-16-23;3-1(4)2(5)6/h11-13,15-16H,2-10,14,17-22,26H2,1H3;(H,3,4)(H,5,6). The first kappa shape index (κ1) is 30.6. The largest absolute Gasteiger partial charge is 0.473 e. The Morgan fingerprint density at radius 2 is 1.34 bits per heavy atom. The predicted molar refractivity (Wildman–Crippen MR) is 136 cm³/mol. The van der Waals surface area contributed by atoms with E-state index in [9.17, 15) is 4.79 Å². The number of nitrogens with zero attached hydrogens (tertiary/aromatic N) is 1. The minimum absolute atomic E-state index is 0.201. The third-order valence-corrected chi connectivity index (χ3v) is 6.32. The van der Waals surface area contributed by atoms with Crippen molar-refractivity contribution >= 4 is 17.9 Å². The molecule has 1 fully saturated rings. The number of unbranched alkanes of at least 4 members (excludes halogenated alkanes) is 9. The third-order valence-electron chi connectivity index (χ3n) is 6.32. The molecule has 0 unspecified atom stereocenters. The fourth-order valence-corrected chi connectivity index (χ4v) is 4.05. The number of hydrogen-bond acceptors (Lipinski definition) is 6. The van der Waals surface area contributed by atoms with Crippen LogP contribution in [0.3, 0.4) is 0 Å². The van der Waals surface area contributed by atoms with Crippen LogP contribution in [-0.4, -0.2) is 58.3 Å². The average molecular weight is 493 g/mol. The number of nitrogens with two attached hydrogens (primary N) is 1. The molecule has 8 heteroatoms. The van der Waals surface area contributed by atoms with E-state index >= 15 is 0 Å². The van der Waals surface area contributed by atoms with E-state index in [1.54, 1.807) is 0 Å². The van der Waals surface area contributed by atoms with Gasteiger partial charge in [0.05, 0.1) is 6.61 Å². The third kappa shape index (κ3) is 13.9. The van der Waals surface area contributed by atoms with Crippen molar-refractivity contribution in [2.24, 2.45) is 5.73 Å². The van der Waals surface area contributed by atoms with Crippen LogP contribution in [0.5, 0.6) is 0 Å². The zero-order valence-corrected chi connectivity index (χ0v) is 21.3. The lowest BCUT2D eigenvalue weighted by molar-refractivity contribution is -0.159. The predicted octanol–water partition coefficient (Wildman–Crippen LogP) is 4.60. The maximum atomic E-state index is 12.5. The minimum atomic E-state index is -1.82. The van der Waals surface area contributed by atoms with Crippen LogP contribution in [0.15, 0.2) is 30.3 Å². The van der Waals surface area contributed by atoms with Gasteiger partial charge in [0, 0.05) is 19.6 Å². The monoisotopic (exact) mass is 492 g/mol. The van der Waals surface area contributed by atoms with E-state index in [0.29, 0.717) is 19.4 Å². The molecule has 0 spiro atoms. The zero-order chi connectivity index (χ0) is 25.9. The quantitative estimate of drug-likeness (QED) is 0.195.